The Bertz CT molecular complexity index is 1070. The van der Waals surface area contributed by atoms with Gasteiger partial charge in [0, 0.05) is 25.8 Å². The van der Waals surface area contributed by atoms with Crippen LogP contribution in [0.2, 0.25) is 0 Å². The number of carbonyl (C=O) groups excluding carboxylic acids is 2. The smallest absolute Gasteiger partial charge is 0.268 e. The molecule has 2 aromatic heterocycles. The zero-order chi connectivity index (χ0) is 22.3. The number of amides is 2. The highest BCUT2D eigenvalue weighted by atomic mass is 16.2. The van der Waals surface area contributed by atoms with E-state index in [1.807, 2.05) is 43.4 Å². The molecule has 7 nitrogen and oxygen atoms in total. The SMILES string of the molecule is CN(C)CCNC(=O)Cc1cn2c(C(=O)NCC34CC=C5CCC(C3)C5C4)cccc2n1. The van der Waals surface area contributed by atoms with Crippen molar-refractivity contribution in [2.45, 2.75) is 38.5 Å². The maximum absolute atomic E-state index is 13.1. The lowest BCUT2D eigenvalue weighted by Gasteiger charge is -2.32. The van der Waals surface area contributed by atoms with E-state index in [0.29, 0.717) is 23.6 Å². The summed E-state index contributed by atoms with van der Waals surface area (Å²) in [7, 11) is 3.95. The third-order valence-corrected chi connectivity index (χ3v) is 7.62. The molecule has 0 radical (unpaired) electrons. The third-order valence-electron chi connectivity index (χ3n) is 7.62. The average Bonchev–Trinajstić information content (AvgIpc) is 3.40. The molecule has 7 heteroatoms. The van der Waals surface area contributed by atoms with Gasteiger partial charge in [-0.2, -0.15) is 0 Å². The Hall–Kier alpha value is -2.67. The van der Waals surface area contributed by atoms with Gasteiger partial charge >= 0.3 is 0 Å². The van der Waals surface area contributed by atoms with Gasteiger partial charge in [-0.25, -0.2) is 4.98 Å². The van der Waals surface area contributed by atoms with Crippen LogP contribution in [0.3, 0.4) is 0 Å². The Balaban J connectivity index is 1.24. The van der Waals surface area contributed by atoms with Gasteiger partial charge < -0.3 is 15.5 Å². The first-order chi connectivity index (χ1) is 15.4. The molecule has 2 fully saturated rings. The van der Waals surface area contributed by atoms with Crippen LogP contribution in [0.5, 0.6) is 0 Å². The summed E-state index contributed by atoms with van der Waals surface area (Å²) in [5, 5.41) is 6.14. The Kier molecular flexibility index (Phi) is 5.53. The van der Waals surface area contributed by atoms with Crippen molar-refractivity contribution in [1.82, 2.24) is 24.9 Å². The summed E-state index contributed by atoms with van der Waals surface area (Å²) in [6, 6.07) is 5.55. The van der Waals surface area contributed by atoms with E-state index in [-0.39, 0.29) is 23.7 Å². The lowest BCUT2D eigenvalue weighted by atomic mass is 9.76. The van der Waals surface area contributed by atoms with E-state index in [0.717, 1.165) is 31.3 Å². The van der Waals surface area contributed by atoms with Crippen molar-refractivity contribution in [3.8, 4) is 0 Å². The number of carbonyl (C=O) groups is 2. The minimum atomic E-state index is -0.0730. The Morgan fingerprint density at radius 1 is 1.25 bits per heavy atom. The second-order valence-electron chi connectivity index (χ2n) is 10.2. The highest BCUT2D eigenvalue weighted by Crippen LogP contribution is 2.59. The summed E-state index contributed by atoms with van der Waals surface area (Å²) in [6.45, 7) is 2.13. The number of aromatic nitrogens is 2. The number of allylic oxidation sites excluding steroid dienone is 2. The van der Waals surface area contributed by atoms with Crippen molar-refractivity contribution in [2.75, 3.05) is 33.7 Å². The number of imidazole rings is 1. The number of fused-ring (bicyclic) bond motifs is 2. The summed E-state index contributed by atoms with van der Waals surface area (Å²) in [5.74, 6) is 1.46. The lowest BCUT2D eigenvalue weighted by Crippen LogP contribution is -2.37. The summed E-state index contributed by atoms with van der Waals surface area (Å²) in [5.41, 5.74) is 3.83. The molecule has 3 atom stereocenters. The molecule has 0 aromatic carbocycles. The fourth-order valence-corrected chi connectivity index (χ4v) is 6.01. The molecule has 3 aliphatic rings. The summed E-state index contributed by atoms with van der Waals surface area (Å²) >= 11 is 0. The van der Waals surface area contributed by atoms with Crippen LogP contribution in [0.15, 0.2) is 36.0 Å². The highest BCUT2D eigenvalue weighted by Gasteiger charge is 2.50. The molecule has 2 saturated carbocycles. The van der Waals surface area contributed by atoms with Crippen LogP contribution < -0.4 is 10.6 Å². The Labute approximate surface area is 189 Å². The maximum atomic E-state index is 13.1. The topological polar surface area (TPSA) is 78.7 Å². The molecule has 2 amide bonds. The van der Waals surface area contributed by atoms with Crippen LogP contribution in [-0.4, -0.2) is 59.8 Å². The fourth-order valence-electron chi connectivity index (χ4n) is 6.01. The van der Waals surface area contributed by atoms with Crippen molar-refractivity contribution in [3.63, 3.8) is 0 Å². The Morgan fingerprint density at radius 3 is 2.97 bits per heavy atom. The van der Waals surface area contributed by atoms with Crippen molar-refractivity contribution in [3.05, 3.63) is 47.4 Å². The van der Waals surface area contributed by atoms with Crippen molar-refractivity contribution < 1.29 is 9.59 Å². The van der Waals surface area contributed by atoms with E-state index in [9.17, 15) is 9.59 Å². The quantitative estimate of drug-likeness (QED) is 0.624. The molecule has 5 rings (SSSR count). The predicted octanol–water partition coefficient (Wildman–Crippen LogP) is 2.42. The number of pyridine rings is 1. The average molecular weight is 436 g/mol. The minimum absolute atomic E-state index is 0.0585. The number of rotatable bonds is 8. The van der Waals surface area contributed by atoms with Gasteiger partial charge in [-0.1, -0.05) is 17.7 Å². The van der Waals surface area contributed by atoms with E-state index < -0.39 is 0 Å². The van der Waals surface area contributed by atoms with Crippen molar-refractivity contribution >= 4 is 17.5 Å². The summed E-state index contributed by atoms with van der Waals surface area (Å²) in [6.07, 6.45) is 10.6. The van der Waals surface area contributed by atoms with Gasteiger partial charge in [0.15, 0.2) is 0 Å². The molecule has 0 spiro atoms. The number of likely N-dealkylation sites (N-methyl/N-ethyl adjacent to an activating group) is 1. The molecule has 3 aliphatic carbocycles. The van der Waals surface area contributed by atoms with Gasteiger partial charge in [0.05, 0.1) is 12.1 Å². The molecule has 3 unspecified atom stereocenters. The summed E-state index contributed by atoms with van der Waals surface area (Å²) in [4.78, 5) is 31.9. The zero-order valence-electron chi connectivity index (χ0n) is 19.1. The molecule has 2 bridgehead atoms. The second kappa shape index (κ2) is 8.35. The number of nitrogens with one attached hydrogen (secondary N) is 2. The van der Waals surface area contributed by atoms with Crippen molar-refractivity contribution in [2.24, 2.45) is 17.3 Å². The molecule has 32 heavy (non-hydrogen) atoms. The number of hydrogen-bond donors (Lipinski definition) is 2. The molecular weight excluding hydrogens is 402 g/mol. The molecule has 2 heterocycles. The largest absolute Gasteiger partial charge is 0.354 e. The van der Waals surface area contributed by atoms with Crippen LogP contribution in [0.1, 0.15) is 48.3 Å². The molecule has 0 aliphatic heterocycles. The van der Waals surface area contributed by atoms with E-state index in [2.05, 4.69) is 21.7 Å². The first kappa shape index (κ1) is 21.2. The Morgan fingerprint density at radius 2 is 2.12 bits per heavy atom. The third kappa shape index (κ3) is 4.06. The molecule has 170 valence electrons. The first-order valence-corrected chi connectivity index (χ1v) is 11.8. The monoisotopic (exact) mass is 435 g/mol. The van der Waals surface area contributed by atoms with Crippen LogP contribution in [0.25, 0.3) is 5.65 Å². The van der Waals surface area contributed by atoms with Gasteiger partial charge in [0.25, 0.3) is 5.91 Å². The van der Waals surface area contributed by atoms with E-state index in [1.165, 1.54) is 25.7 Å². The van der Waals surface area contributed by atoms with Gasteiger partial charge in [0.1, 0.15) is 11.3 Å². The minimum Gasteiger partial charge on any atom is -0.354 e. The standard InChI is InChI=1S/C25H33N5O2/c1-29(2)11-10-26-23(31)12-19-15-30-21(4-3-5-22(30)28-19)24(32)27-16-25-9-8-17-6-7-18(13-25)20(17)14-25/h3-5,8,15,18,20H,6-7,9-14,16H2,1-2H3,(H,26,31)(H,27,32). The maximum Gasteiger partial charge on any atom is 0.268 e. The predicted molar refractivity (Wildman–Crippen MR) is 123 cm³/mol. The normalized spacial score (nSPS) is 25.9. The van der Waals surface area contributed by atoms with Gasteiger partial charge in [-0.3, -0.25) is 14.0 Å². The van der Waals surface area contributed by atoms with Gasteiger partial charge in [0.2, 0.25) is 5.91 Å². The van der Waals surface area contributed by atoms with Gasteiger partial charge in [-0.15, -0.1) is 0 Å². The molecule has 2 N–H and O–H groups in total. The first-order valence-electron chi connectivity index (χ1n) is 11.8. The molecule has 2 aromatic rings. The molecule has 0 saturated heterocycles. The zero-order valence-corrected chi connectivity index (χ0v) is 19.1. The van der Waals surface area contributed by atoms with Crippen LogP contribution in [0.4, 0.5) is 0 Å². The van der Waals surface area contributed by atoms with Crippen LogP contribution in [-0.2, 0) is 11.2 Å². The van der Waals surface area contributed by atoms with Crippen molar-refractivity contribution in [1.29, 1.82) is 0 Å². The fraction of sp³-hybridized carbons (Fsp3) is 0.560. The van der Waals surface area contributed by atoms with Crippen LogP contribution in [0, 0.1) is 17.3 Å². The van der Waals surface area contributed by atoms with E-state index in [4.69, 9.17) is 0 Å². The lowest BCUT2D eigenvalue weighted by molar-refractivity contribution is -0.120. The van der Waals surface area contributed by atoms with Gasteiger partial charge in [-0.05, 0) is 75.6 Å². The number of nitrogens with zero attached hydrogens (tertiary/aromatic N) is 3. The molecular formula is C25H33N5O2. The van der Waals surface area contributed by atoms with E-state index >= 15 is 0 Å². The number of hydrogen-bond acceptors (Lipinski definition) is 4. The second-order valence-corrected chi connectivity index (χ2v) is 10.2. The van der Waals surface area contributed by atoms with Crippen LogP contribution >= 0.6 is 0 Å². The highest BCUT2D eigenvalue weighted by molar-refractivity contribution is 5.93. The van der Waals surface area contributed by atoms with E-state index in [1.54, 1.807) is 9.97 Å². The summed E-state index contributed by atoms with van der Waals surface area (Å²) < 4.78 is 1.80.